The van der Waals surface area contributed by atoms with Crippen LogP contribution in [-0.4, -0.2) is 25.4 Å². The Kier molecular flexibility index (Phi) is 4.07. The summed E-state index contributed by atoms with van der Waals surface area (Å²) < 4.78 is 5.09. The fraction of sp³-hybridized carbons (Fsp3) is 0.385. The zero-order valence-electron chi connectivity index (χ0n) is 11.5. The molecule has 0 amide bonds. The minimum absolute atomic E-state index is 0.0833. The number of pyridine rings is 1. The van der Waals surface area contributed by atoms with Crippen molar-refractivity contribution in [2.24, 2.45) is 10.9 Å². The van der Waals surface area contributed by atoms with Crippen LogP contribution in [0, 0.1) is 0 Å². The molecular formula is C13H15N5OS2. The predicted molar refractivity (Wildman–Crippen MR) is 82.2 cm³/mol. The number of aromatic nitrogens is 3. The van der Waals surface area contributed by atoms with E-state index in [2.05, 4.69) is 19.5 Å². The highest BCUT2D eigenvalue weighted by Crippen LogP contribution is 2.33. The van der Waals surface area contributed by atoms with Crippen LogP contribution in [0.25, 0.3) is 0 Å². The lowest BCUT2D eigenvalue weighted by molar-refractivity contribution is 0.318. The maximum absolute atomic E-state index is 8.97. The molecule has 0 atom stereocenters. The second kappa shape index (κ2) is 5.98. The first-order valence-electron chi connectivity index (χ1n) is 6.72. The third-order valence-electron chi connectivity index (χ3n) is 3.35. The van der Waals surface area contributed by atoms with Crippen LogP contribution in [0.3, 0.4) is 0 Å². The van der Waals surface area contributed by atoms with E-state index in [0.717, 1.165) is 46.6 Å². The molecular weight excluding hydrogens is 306 g/mol. The number of nitrogens with zero attached hydrogens (tertiary/aromatic N) is 4. The fourth-order valence-corrected chi connectivity index (χ4v) is 4.02. The Hall–Kier alpha value is -1.67. The third kappa shape index (κ3) is 2.86. The molecule has 6 nitrogen and oxygen atoms in total. The average molecular weight is 321 g/mol. The van der Waals surface area contributed by atoms with Gasteiger partial charge in [0.15, 0.2) is 10.2 Å². The molecule has 0 aliphatic heterocycles. The molecule has 0 spiro atoms. The van der Waals surface area contributed by atoms with E-state index in [1.165, 1.54) is 28.9 Å². The number of fused-ring (bicyclic) bond motifs is 1. The number of amidine groups is 1. The molecule has 3 N–H and O–H groups in total. The molecule has 1 aliphatic rings. The van der Waals surface area contributed by atoms with Gasteiger partial charge in [-0.3, -0.25) is 0 Å². The van der Waals surface area contributed by atoms with Crippen molar-refractivity contribution >= 4 is 29.1 Å². The molecule has 3 rings (SSSR count). The number of rotatable bonds is 4. The van der Waals surface area contributed by atoms with Crippen molar-refractivity contribution in [1.29, 1.82) is 0 Å². The average Bonchev–Trinajstić information content (AvgIpc) is 3.14. The molecule has 0 saturated carbocycles. The lowest BCUT2D eigenvalue weighted by Crippen LogP contribution is -2.16. The van der Waals surface area contributed by atoms with Crippen molar-refractivity contribution in [3.05, 3.63) is 28.7 Å². The van der Waals surface area contributed by atoms with E-state index < -0.39 is 0 Å². The van der Waals surface area contributed by atoms with Gasteiger partial charge in [0.25, 0.3) is 0 Å². The highest BCUT2D eigenvalue weighted by Gasteiger charge is 2.20. The molecule has 2 heterocycles. The largest absolute Gasteiger partial charge is 0.409 e. The van der Waals surface area contributed by atoms with Crippen molar-refractivity contribution < 1.29 is 5.21 Å². The van der Waals surface area contributed by atoms with Gasteiger partial charge < -0.3 is 10.9 Å². The summed E-state index contributed by atoms with van der Waals surface area (Å²) in [5, 5.41) is 12.8. The first-order valence-corrected chi connectivity index (χ1v) is 8.31. The fourth-order valence-electron chi connectivity index (χ4n) is 2.27. The highest BCUT2D eigenvalue weighted by atomic mass is 32.2. The third-order valence-corrected chi connectivity index (χ3v) is 5.14. The Balaban J connectivity index is 1.99. The molecule has 8 heteroatoms. The quantitative estimate of drug-likeness (QED) is 0.388. The number of nitrogens with two attached hydrogens (primary N) is 1. The number of hydrogen-bond acceptors (Lipinski definition) is 7. The zero-order chi connectivity index (χ0) is 14.8. The van der Waals surface area contributed by atoms with E-state index in [4.69, 9.17) is 10.9 Å². The normalized spacial score (nSPS) is 14.4. The van der Waals surface area contributed by atoms with E-state index in [9.17, 15) is 0 Å². The van der Waals surface area contributed by atoms with Gasteiger partial charge in [-0.1, -0.05) is 12.1 Å². The minimum atomic E-state index is 0.0833. The molecule has 0 unspecified atom stereocenters. The SMILES string of the molecule is CCc1nsc(Sc2nc3c(cc2C(N)=NO)CCC3)n1. The lowest BCUT2D eigenvalue weighted by Gasteiger charge is -2.08. The summed E-state index contributed by atoms with van der Waals surface area (Å²) in [6.45, 7) is 2.02. The van der Waals surface area contributed by atoms with Crippen molar-refractivity contribution in [1.82, 2.24) is 14.3 Å². The zero-order valence-corrected chi connectivity index (χ0v) is 13.2. The second-order valence-corrected chi connectivity index (χ2v) is 6.71. The molecule has 110 valence electrons. The van der Waals surface area contributed by atoms with Crippen LogP contribution in [0.5, 0.6) is 0 Å². The molecule has 21 heavy (non-hydrogen) atoms. The van der Waals surface area contributed by atoms with Gasteiger partial charge in [-0.25, -0.2) is 9.97 Å². The van der Waals surface area contributed by atoms with E-state index >= 15 is 0 Å². The lowest BCUT2D eigenvalue weighted by atomic mass is 10.1. The maximum Gasteiger partial charge on any atom is 0.176 e. The Morgan fingerprint density at radius 2 is 2.33 bits per heavy atom. The molecule has 2 aromatic rings. The molecule has 2 aromatic heterocycles. The van der Waals surface area contributed by atoms with Gasteiger partial charge in [-0.05, 0) is 54.2 Å². The first kappa shape index (κ1) is 14.3. The molecule has 0 radical (unpaired) electrons. The van der Waals surface area contributed by atoms with Gasteiger partial charge in [-0.15, -0.1) is 0 Å². The molecule has 0 bridgehead atoms. The van der Waals surface area contributed by atoms with Crippen LogP contribution in [0.15, 0.2) is 20.6 Å². The monoisotopic (exact) mass is 321 g/mol. The van der Waals surface area contributed by atoms with E-state index in [0.29, 0.717) is 5.56 Å². The summed E-state index contributed by atoms with van der Waals surface area (Å²) >= 11 is 2.77. The molecule has 0 fully saturated rings. The number of aryl methyl sites for hydroxylation is 3. The standard InChI is InChI=1S/C13H15N5OS2/c1-2-10-16-13(21-18-10)20-12-8(11(14)17-19)6-7-4-3-5-9(7)15-12/h6,19H,2-5H2,1H3,(H2,14,17). The first-order chi connectivity index (χ1) is 10.2. The summed E-state index contributed by atoms with van der Waals surface area (Å²) in [5.74, 6) is 0.911. The highest BCUT2D eigenvalue weighted by molar-refractivity contribution is 8.01. The van der Waals surface area contributed by atoms with Crippen molar-refractivity contribution in [3.8, 4) is 0 Å². The smallest absolute Gasteiger partial charge is 0.176 e. The topological polar surface area (TPSA) is 97.3 Å². The van der Waals surface area contributed by atoms with E-state index in [-0.39, 0.29) is 5.84 Å². The van der Waals surface area contributed by atoms with Gasteiger partial charge in [-0.2, -0.15) is 4.37 Å². The minimum Gasteiger partial charge on any atom is -0.409 e. The van der Waals surface area contributed by atoms with Crippen molar-refractivity contribution in [3.63, 3.8) is 0 Å². The molecule has 0 aromatic carbocycles. The Morgan fingerprint density at radius 1 is 1.48 bits per heavy atom. The van der Waals surface area contributed by atoms with Gasteiger partial charge >= 0.3 is 0 Å². The van der Waals surface area contributed by atoms with Crippen LogP contribution >= 0.6 is 23.3 Å². The predicted octanol–water partition coefficient (Wildman–Crippen LogP) is 2.23. The summed E-state index contributed by atoms with van der Waals surface area (Å²) in [7, 11) is 0. The number of hydrogen-bond donors (Lipinski definition) is 2. The Bertz CT molecular complexity index is 698. The summed E-state index contributed by atoms with van der Waals surface area (Å²) in [6, 6.07) is 1.98. The maximum atomic E-state index is 8.97. The van der Waals surface area contributed by atoms with E-state index in [1.807, 2.05) is 13.0 Å². The second-order valence-electron chi connectivity index (χ2n) is 4.72. The number of oxime groups is 1. The van der Waals surface area contributed by atoms with Crippen LogP contribution in [0.1, 0.15) is 36.0 Å². The van der Waals surface area contributed by atoms with Crippen molar-refractivity contribution in [2.75, 3.05) is 0 Å². The van der Waals surface area contributed by atoms with Crippen LogP contribution in [0.4, 0.5) is 0 Å². The van der Waals surface area contributed by atoms with Gasteiger partial charge in [0.05, 0.1) is 5.56 Å². The molecule has 1 aliphatic carbocycles. The van der Waals surface area contributed by atoms with E-state index in [1.54, 1.807) is 0 Å². The molecule has 0 saturated heterocycles. The van der Waals surface area contributed by atoms with Gasteiger partial charge in [0, 0.05) is 12.1 Å². The van der Waals surface area contributed by atoms with Crippen LogP contribution in [0.2, 0.25) is 0 Å². The Labute approximate surface area is 130 Å². The van der Waals surface area contributed by atoms with Crippen LogP contribution < -0.4 is 5.73 Å². The van der Waals surface area contributed by atoms with Gasteiger partial charge in [0.2, 0.25) is 0 Å². The van der Waals surface area contributed by atoms with Gasteiger partial charge in [0.1, 0.15) is 10.9 Å². The van der Waals surface area contributed by atoms with Crippen molar-refractivity contribution in [2.45, 2.75) is 42.0 Å². The summed E-state index contributed by atoms with van der Waals surface area (Å²) in [5.41, 5.74) is 8.74. The summed E-state index contributed by atoms with van der Waals surface area (Å²) in [4.78, 5) is 9.11. The summed E-state index contributed by atoms with van der Waals surface area (Å²) in [6.07, 6.45) is 3.89. The van der Waals surface area contributed by atoms with Crippen LogP contribution in [-0.2, 0) is 19.3 Å². The Morgan fingerprint density at radius 3 is 3.05 bits per heavy atom.